The van der Waals surface area contributed by atoms with E-state index >= 15 is 0 Å². The first kappa shape index (κ1) is 13.7. The van der Waals surface area contributed by atoms with E-state index in [0.717, 1.165) is 36.4 Å². The third kappa shape index (κ3) is 2.98. The molecule has 0 unspecified atom stereocenters. The number of carbonyl (C=O) groups is 1. The summed E-state index contributed by atoms with van der Waals surface area (Å²) in [4.78, 5) is 13.2. The summed E-state index contributed by atoms with van der Waals surface area (Å²) in [5, 5.41) is 0. The molecule has 0 aromatic heterocycles. The molecule has 0 aliphatic carbocycles. The molecule has 104 valence electrons. The van der Waals surface area contributed by atoms with Gasteiger partial charge in [-0.1, -0.05) is 6.07 Å². The Labute approximate surface area is 113 Å². The summed E-state index contributed by atoms with van der Waals surface area (Å²) in [6.45, 7) is 1.18. The summed E-state index contributed by atoms with van der Waals surface area (Å²) >= 11 is 0. The fourth-order valence-electron chi connectivity index (χ4n) is 2.66. The number of nitrogens with zero attached hydrogens (tertiary/aromatic N) is 1. The molecule has 1 fully saturated rings. The number of methoxy groups -OCH3 is 2. The van der Waals surface area contributed by atoms with Crippen molar-refractivity contribution >= 4 is 5.91 Å². The van der Waals surface area contributed by atoms with Crippen LogP contribution in [0.1, 0.15) is 24.4 Å². The van der Waals surface area contributed by atoms with E-state index in [9.17, 15) is 4.79 Å². The average molecular weight is 264 g/mol. The minimum Gasteiger partial charge on any atom is -0.497 e. The maximum Gasteiger partial charge on any atom is 0.231 e. The lowest BCUT2D eigenvalue weighted by Crippen LogP contribution is -2.33. The fourth-order valence-corrected chi connectivity index (χ4v) is 2.66. The Bertz CT molecular complexity index is 462. The summed E-state index contributed by atoms with van der Waals surface area (Å²) in [6, 6.07) is 5.98. The van der Waals surface area contributed by atoms with Gasteiger partial charge in [0.1, 0.15) is 11.5 Å². The average Bonchev–Trinajstić information content (AvgIpc) is 2.85. The Morgan fingerprint density at radius 2 is 2.21 bits per heavy atom. The first-order valence-electron chi connectivity index (χ1n) is 6.40. The number of benzene rings is 1. The Hall–Kier alpha value is -1.75. The molecule has 1 aromatic carbocycles. The summed E-state index contributed by atoms with van der Waals surface area (Å²) in [5.41, 5.74) is 6.38. The molecular formula is C14H20N2O3. The van der Waals surface area contributed by atoms with Crippen LogP contribution < -0.4 is 15.2 Å². The molecule has 0 bridgehead atoms. The number of hydrogen-bond acceptors (Lipinski definition) is 4. The molecule has 5 nitrogen and oxygen atoms in total. The van der Waals surface area contributed by atoms with Crippen molar-refractivity contribution in [1.82, 2.24) is 4.90 Å². The van der Waals surface area contributed by atoms with Gasteiger partial charge in [-0.3, -0.25) is 9.69 Å². The van der Waals surface area contributed by atoms with E-state index in [1.165, 1.54) is 0 Å². The molecule has 1 aromatic rings. The molecule has 0 radical (unpaired) electrons. The monoisotopic (exact) mass is 264 g/mol. The highest BCUT2D eigenvalue weighted by Crippen LogP contribution is 2.38. The molecule has 1 amide bonds. The quantitative estimate of drug-likeness (QED) is 0.871. The Kier molecular flexibility index (Phi) is 4.27. The van der Waals surface area contributed by atoms with Gasteiger partial charge in [-0.15, -0.1) is 0 Å². The first-order chi connectivity index (χ1) is 9.15. The SMILES string of the molecule is COc1ccc([C@H]2CCCN2CC(N)=O)c(OC)c1. The third-order valence-electron chi connectivity index (χ3n) is 3.52. The maximum absolute atomic E-state index is 11.1. The second-order valence-corrected chi connectivity index (χ2v) is 4.70. The number of nitrogens with two attached hydrogens (primary N) is 1. The van der Waals surface area contributed by atoms with Crippen molar-refractivity contribution in [1.29, 1.82) is 0 Å². The van der Waals surface area contributed by atoms with Crippen molar-refractivity contribution in [3.05, 3.63) is 23.8 Å². The molecule has 5 heteroatoms. The molecule has 1 heterocycles. The lowest BCUT2D eigenvalue weighted by molar-refractivity contribution is -0.119. The van der Waals surface area contributed by atoms with Gasteiger partial charge in [-0.2, -0.15) is 0 Å². The van der Waals surface area contributed by atoms with Gasteiger partial charge in [-0.05, 0) is 25.5 Å². The Balaban J connectivity index is 2.27. The largest absolute Gasteiger partial charge is 0.497 e. The zero-order valence-corrected chi connectivity index (χ0v) is 11.4. The number of likely N-dealkylation sites (tertiary alicyclic amines) is 1. The van der Waals surface area contributed by atoms with Gasteiger partial charge < -0.3 is 15.2 Å². The number of hydrogen-bond donors (Lipinski definition) is 1. The molecule has 2 rings (SSSR count). The second kappa shape index (κ2) is 5.93. The standard InChI is InChI=1S/C14H20N2O3/c1-18-10-5-6-11(13(8-10)19-2)12-4-3-7-16(12)9-14(15)17/h5-6,8,12H,3-4,7,9H2,1-2H3,(H2,15,17)/t12-/m1/s1. The highest BCUT2D eigenvalue weighted by atomic mass is 16.5. The molecule has 0 saturated carbocycles. The van der Waals surface area contributed by atoms with Crippen LogP contribution in [0.15, 0.2) is 18.2 Å². The van der Waals surface area contributed by atoms with E-state index < -0.39 is 0 Å². The van der Waals surface area contributed by atoms with Crippen LogP contribution in [-0.2, 0) is 4.79 Å². The fraction of sp³-hybridized carbons (Fsp3) is 0.500. The lowest BCUT2D eigenvalue weighted by atomic mass is 10.0. The van der Waals surface area contributed by atoms with E-state index in [1.807, 2.05) is 18.2 Å². The first-order valence-corrected chi connectivity index (χ1v) is 6.40. The van der Waals surface area contributed by atoms with E-state index in [0.29, 0.717) is 6.54 Å². The van der Waals surface area contributed by atoms with Crippen LogP contribution in [-0.4, -0.2) is 38.1 Å². The Morgan fingerprint density at radius 3 is 2.84 bits per heavy atom. The van der Waals surface area contributed by atoms with E-state index in [2.05, 4.69) is 4.90 Å². The second-order valence-electron chi connectivity index (χ2n) is 4.70. The van der Waals surface area contributed by atoms with Crippen LogP contribution in [0.2, 0.25) is 0 Å². The van der Waals surface area contributed by atoms with Crippen LogP contribution in [0.5, 0.6) is 11.5 Å². The highest BCUT2D eigenvalue weighted by molar-refractivity contribution is 5.76. The molecule has 1 atom stereocenters. The van der Waals surface area contributed by atoms with Gasteiger partial charge in [0.2, 0.25) is 5.91 Å². The van der Waals surface area contributed by atoms with E-state index in [1.54, 1.807) is 14.2 Å². The molecule has 2 N–H and O–H groups in total. The number of carbonyl (C=O) groups excluding carboxylic acids is 1. The van der Waals surface area contributed by atoms with Crippen molar-refractivity contribution in [3.63, 3.8) is 0 Å². The smallest absolute Gasteiger partial charge is 0.231 e. The van der Waals surface area contributed by atoms with E-state index in [4.69, 9.17) is 15.2 Å². The minimum absolute atomic E-state index is 0.188. The summed E-state index contributed by atoms with van der Waals surface area (Å²) in [7, 11) is 3.27. The van der Waals surface area contributed by atoms with Crippen LogP contribution >= 0.6 is 0 Å². The van der Waals surface area contributed by atoms with Crippen molar-refractivity contribution in [3.8, 4) is 11.5 Å². The van der Waals surface area contributed by atoms with Crippen LogP contribution in [0, 0.1) is 0 Å². The normalized spacial score (nSPS) is 19.4. The molecule has 1 aliphatic rings. The van der Waals surface area contributed by atoms with Crippen molar-refractivity contribution in [2.24, 2.45) is 5.73 Å². The minimum atomic E-state index is -0.292. The van der Waals surface area contributed by atoms with Gasteiger partial charge in [0.05, 0.1) is 20.8 Å². The molecule has 1 aliphatic heterocycles. The van der Waals surface area contributed by atoms with Gasteiger partial charge >= 0.3 is 0 Å². The van der Waals surface area contributed by atoms with Crippen molar-refractivity contribution in [2.45, 2.75) is 18.9 Å². The third-order valence-corrected chi connectivity index (χ3v) is 3.52. The molecule has 19 heavy (non-hydrogen) atoms. The van der Waals surface area contributed by atoms with Crippen molar-refractivity contribution < 1.29 is 14.3 Å². The predicted molar refractivity (Wildman–Crippen MR) is 72.3 cm³/mol. The summed E-state index contributed by atoms with van der Waals surface area (Å²) in [5.74, 6) is 1.26. The molecule has 0 spiro atoms. The lowest BCUT2D eigenvalue weighted by Gasteiger charge is -2.25. The van der Waals surface area contributed by atoms with Crippen LogP contribution in [0.4, 0.5) is 0 Å². The van der Waals surface area contributed by atoms with Gasteiger partial charge in [0, 0.05) is 17.7 Å². The topological polar surface area (TPSA) is 64.8 Å². The number of ether oxygens (including phenoxy) is 2. The predicted octanol–water partition coefficient (Wildman–Crippen LogP) is 1.33. The number of rotatable bonds is 5. The Morgan fingerprint density at radius 1 is 1.42 bits per heavy atom. The summed E-state index contributed by atoms with van der Waals surface area (Å²) < 4.78 is 10.6. The number of primary amides is 1. The van der Waals surface area contributed by atoms with Crippen LogP contribution in [0.25, 0.3) is 0 Å². The highest BCUT2D eigenvalue weighted by Gasteiger charge is 2.29. The molecule has 1 saturated heterocycles. The number of amides is 1. The van der Waals surface area contributed by atoms with Crippen LogP contribution in [0.3, 0.4) is 0 Å². The van der Waals surface area contributed by atoms with Gasteiger partial charge in [0.25, 0.3) is 0 Å². The zero-order valence-electron chi connectivity index (χ0n) is 11.4. The van der Waals surface area contributed by atoms with Gasteiger partial charge in [-0.25, -0.2) is 0 Å². The van der Waals surface area contributed by atoms with E-state index in [-0.39, 0.29) is 11.9 Å². The molecular weight excluding hydrogens is 244 g/mol. The summed E-state index contributed by atoms with van der Waals surface area (Å²) in [6.07, 6.45) is 2.07. The van der Waals surface area contributed by atoms with Crippen molar-refractivity contribution in [2.75, 3.05) is 27.3 Å². The van der Waals surface area contributed by atoms with Gasteiger partial charge in [0.15, 0.2) is 0 Å². The zero-order chi connectivity index (χ0) is 13.8. The maximum atomic E-state index is 11.1.